The summed E-state index contributed by atoms with van der Waals surface area (Å²) < 4.78 is 182. The van der Waals surface area contributed by atoms with Gasteiger partial charge in [-0.1, -0.05) is 0 Å². The van der Waals surface area contributed by atoms with Crippen LogP contribution in [0.1, 0.15) is 45.7 Å². The molecule has 11 N–H and O–H groups in total. The maximum absolute atomic E-state index is 16.4. The Kier molecular flexibility index (Phi) is 32.3. The summed E-state index contributed by atoms with van der Waals surface area (Å²) in [5.74, 6) is -0.532. The number of imidazole rings is 2. The largest absolute Gasteiger partial charge is 0.447 e. The first-order chi connectivity index (χ1) is 59.2. The van der Waals surface area contributed by atoms with Crippen molar-refractivity contribution in [2.45, 2.75) is 88.3 Å². The number of nitrogens with zero attached hydrogens (tertiary/aromatic N) is 22. The van der Waals surface area contributed by atoms with Gasteiger partial charge in [-0.25, -0.2) is 71.1 Å². The van der Waals surface area contributed by atoms with Gasteiger partial charge in [0.1, 0.15) is 30.7 Å². The number of amides is 1. The summed E-state index contributed by atoms with van der Waals surface area (Å²) in [5.41, 5.74) is 21.1. The third-order valence-corrected chi connectivity index (χ3v) is 34.2. The van der Waals surface area contributed by atoms with Gasteiger partial charge in [-0.05, 0) is 103 Å². The molecular weight excluding hydrogens is 1750 g/mol. The molecule has 698 valence electrons. The standard InChI is InChI=1S/C68H117N28O24P5/c1-45(2)87-29-47(117-54(34-87)93-16-14-52(69)75-66(93)100)38-112-122(104,82(6)7)89-28-46(3)116-48(30-89)39-113-123(105,83(8)9)90-31-49(118-55(35-90)94-17-15-53(70)76-67(94)101)41-114-124(106,84(10)11)92-33-51(120-57(37-92)96-44-74-59-61(96)78-65(72)80-63(59)99)42-115-125(107,85(12)13)91-32-50(119-56(36-91)95-43-73-58-60(95)77-64(71)79-62(58)98)40-111-121(103,81(4)5)88-20-18-86(19-21-88)68(102)110-27-26-109-25-24-108-23-22-97/h14-17,43-51,54-57,97H,18-42H2,1-13H3,(H2,69,75,100)(H2,70,76,101)(H3,71,77,79,98)(H3,72,78,80,99). The fourth-order valence-corrected chi connectivity index (χ4v) is 25.1. The summed E-state index contributed by atoms with van der Waals surface area (Å²) in [6.45, 7) is 4.30. The summed E-state index contributed by atoms with van der Waals surface area (Å²) in [5, 5.41) is 8.93. The lowest BCUT2D eigenvalue weighted by molar-refractivity contribution is -0.141. The van der Waals surface area contributed by atoms with Crippen LogP contribution in [-0.2, 0) is 83.3 Å². The first-order valence-corrected chi connectivity index (χ1v) is 48.1. The zero-order valence-electron chi connectivity index (χ0n) is 72.2. The maximum Gasteiger partial charge on any atom is 0.409 e. The molecule has 6 saturated heterocycles. The lowest BCUT2D eigenvalue weighted by atomic mass is 10.2. The van der Waals surface area contributed by atoms with Crippen molar-refractivity contribution < 1.29 is 93.2 Å². The van der Waals surface area contributed by atoms with Crippen LogP contribution in [-0.4, -0.2) is 403 Å². The molecule has 0 radical (unpaired) electrons. The number of carbonyl (C=O) groups is 1. The highest BCUT2D eigenvalue weighted by molar-refractivity contribution is 7.55. The van der Waals surface area contributed by atoms with E-state index in [9.17, 15) is 24.0 Å². The van der Waals surface area contributed by atoms with Crippen LogP contribution in [0, 0.1) is 0 Å². The number of H-pyrrole nitrogens is 2. The lowest BCUT2D eigenvalue weighted by Gasteiger charge is -2.46. The third-order valence-electron chi connectivity index (χ3n) is 21.5. The molecule has 6 aromatic rings. The second-order valence-corrected chi connectivity index (χ2v) is 44.8. The molecule has 0 aromatic carbocycles. The van der Waals surface area contributed by atoms with E-state index in [1.165, 1.54) is 121 Å². The van der Waals surface area contributed by atoms with Gasteiger partial charge in [0.2, 0.25) is 11.9 Å². The lowest BCUT2D eigenvalue weighted by Crippen LogP contribution is -2.52. The van der Waals surface area contributed by atoms with Gasteiger partial charge in [-0.2, -0.15) is 19.9 Å². The Morgan fingerprint density at radius 3 is 1.18 bits per heavy atom. The first kappa shape index (κ1) is 97.2. The molecule has 0 spiro atoms. The van der Waals surface area contributed by atoms with E-state index in [0.717, 1.165) is 4.57 Å². The number of hydrogen-bond acceptors (Lipinski definition) is 35. The van der Waals surface area contributed by atoms with E-state index < -0.39 is 148 Å². The average Bonchev–Trinajstić information content (AvgIpc) is 1.76. The molecule has 6 aliphatic heterocycles. The minimum atomic E-state index is -4.46. The highest BCUT2D eigenvalue weighted by Gasteiger charge is 2.51. The van der Waals surface area contributed by atoms with E-state index in [2.05, 4.69) is 44.8 Å². The Bertz CT molecular complexity index is 5190. The first-order valence-electron chi connectivity index (χ1n) is 40.5. The predicted octanol–water partition coefficient (Wildman–Crippen LogP) is -0.398. The minimum absolute atomic E-state index is 0.00802. The Morgan fingerprint density at radius 2 is 0.808 bits per heavy atom. The Balaban J connectivity index is 0.777. The quantitative estimate of drug-likeness (QED) is 0.0192. The number of aliphatic hydroxyl groups is 1. The van der Waals surface area contributed by atoms with Crippen molar-refractivity contribution in [1.29, 1.82) is 0 Å². The van der Waals surface area contributed by atoms with E-state index in [4.69, 9.17) is 88.6 Å². The molecule has 57 heteroatoms. The summed E-state index contributed by atoms with van der Waals surface area (Å²) in [4.78, 5) is 100. The van der Waals surface area contributed by atoms with Crippen molar-refractivity contribution in [2.75, 3.05) is 258 Å². The molecule has 15 unspecified atom stereocenters. The molecule has 12 rings (SSSR count). The number of anilines is 4. The number of carbonyl (C=O) groups excluding carboxylic acids is 1. The highest BCUT2D eigenvalue weighted by Crippen LogP contribution is 2.60. The smallest absolute Gasteiger partial charge is 0.409 e. The number of fused-ring (bicyclic) bond motifs is 2. The number of aromatic amines is 2. The molecule has 0 bridgehead atoms. The normalized spacial score (nSPS) is 26.0. The third kappa shape index (κ3) is 22.4. The Morgan fingerprint density at radius 1 is 0.464 bits per heavy atom. The molecule has 52 nitrogen and oxygen atoms in total. The predicted molar refractivity (Wildman–Crippen MR) is 453 cm³/mol. The maximum atomic E-state index is 16.4. The minimum Gasteiger partial charge on any atom is -0.447 e. The highest BCUT2D eigenvalue weighted by atomic mass is 31.2. The van der Waals surface area contributed by atoms with Crippen molar-refractivity contribution in [2.24, 2.45) is 0 Å². The molecule has 0 saturated carbocycles. The summed E-state index contributed by atoms with van der Waals surface area (Å²) in [6, 6.07) is 2.92. The Hall–Kier alpha value is -6.88. The molecule has 125 heavy (non-hydrogen) atoms. The summed E-state index contributed by atoms with van der Waals surface area (Å²) in [6.07, 6.45) is -5.16. The van der Waals surface area contributed by atoms with Crippen LogP contribution in [0.2, 0.25) is 0 Å². The number of morpholine rings is 5. The van der Waals surface area contributed by atoms with Crippen LogP contribution in [0.15, 0.2) is 56.4 Å². The number of aliphatic hydroxyl groups excluding tert-OH is 1. The second kappa shape index (κ2) is 41.5. The van der Waals surface area contributed by atoms with Crippen molar-refractivity contribution in [3.05, 3.63) is 78.9 Å². The SMILES string of the molecule is CC1CN(P(=O)(OCC2CN(C(C)C)CC(n3ccc(N)nc3=O)O2)N(C)C)CC(COP(=O)(N(C)C)N2CC(COP(=O)(N(C)C)N3CC(COP(=O)(N(C)C)N4CC(COP(=O)(N(C)C)N5CCN(C(=O)OCCOCCOCCO)CC5)OC(n5cnc6c(=O)[nH]c(N)nc65)C4)OC(n4cnc5c(=O)[nH]c(N)nc54)C3)OC(n3ccc(N)nc3=O)C2)O1. The van der Waals surface area contributed by atoms with E-state index in [-0.39, 0.29) is 183 Å². The molecule has 12 heterocycles. The van der Waals surface area contributed by atoms with Crippen LogP contribution in [0.25, 0.3) is 22.3 Å². The number of nitrogens with two attached hydrogens (primary N) is 4. The molecule has 0 aliphatic carbocycles. The molecule has 6 aliphatic rings. The van der Waals surface area contributed by atoms with Crippen LogP contribution >= 0.6 is 38.4 Å². The van der Waals surface area contributed by atoms with Crippen LogP contribution in [0.4, 0.5) is 28.3 Å². The number of nitrogens with one attached hydrogen (secondary N) is 2. The van der Waals surface area contributed by atoms with Gasteiger partial charge in [0.15, 0.2) is 34.8 Å². The number of hydrogen-bond donors (Lipinski definition) is 7. The van der Waals surface area contributed by atoms with Gasteiger partial charge in [0.25, 0.3) is 11.1 Å². The van der Waals surface area contributed by atoms with Gasteiger partial charge in [-0.3, -0.25) is 65.6 Å². The van der Waals surface area contributed by atoms with Crippen molar-refractivity contribution in [1.82, 2.24) is 115 Å². The number of nitrogen functional groups attached to an aromatic ring is 4. The van der Waals surface area contributed by atoms with Crippen LogP contribution in [0.5, 0.6) is 0 Å². The van der Waals surface area contributed by atoms with Gasteiger partial charge in [0, 0.05) is 90.4 Å². The van der Waals surface area contributed by atoms with Crippen molar-refractivity contribution in [3.8, 4) is 0 Å². The molecule has 6 fully saturated rings. The van der Waals surface area contributed by atoms with Gasteiger partial charge in [-0.15, -0.1) is 0 Å². The van der Waals surface area contributed by atoms with Gasteiger partial charge < -0.3 is 93.5 Å². The van der Waals surface area contributed by atoms with E-state index in [1.54, 1.807) is 58.6 Å². The zero-order valence-corrected chi connectivity index (χ0v) is 76.7. The van der Waals surface area contributed by atoms with Gasteiger partial charge >= 0.3 is 55.8 Å². The number of piperazine rings is 1. The van der Waals surface area contributed by atoms with E-state index >= 15 is 22.8 Å². The molecule has 6 aromatic heterocycles. The molecular formula is C68H117N28O24P5. The fraction of sp³-hybridized carbons (Fsp3) is 0.721. The zero-order chi connectivity index (χ0) is 90.4. The Labute approximate surface area is 720 Å². The second-order valence-electron chi connectivity index (χ2n) is 31.8. The van der Waals surface area contributed by atoms with E-state index in [1.807, 2.05) is 13.8 Å². The van der Waals surface area contributed by atoms with E-state index in [0.29, 0.717) is 13.1 Å². The average molecular weight is 1870 g/mol. The number of rotatable bonds is 38. The topological polar surface area (TPSA) is 583 Å². The molecule has 1 amide bonds. The number of ether oxygens (including phenoxy) is 8. The monoisotopic (exact) mass is 1860 g/mol. The fourth-order valence-electron chi connectivity index (χ4n) is 15.1. The summed E-state index contributed by atoms with van der Waals surface area (Å²) in [7, 11) is -5.46. The van der Waals surface area contributed by atoms with Crippen molar-refractivity contribution in [3.63, 3.8) is 0 Å². The van der Waals surface area contributed by atoms with Gasteiger partial charge in [0.05, 0.1) is 135 Å². The number of aromatic nitrogens is 12. The summed E-state index contributed by atoms with van der Waals surface area (Å²) >= 11 is 0. The van der Waals surface area contributed by atoms with Crippen LogP contribution in [0.3, 0.4) is 0 Å². The molecule has 15 atom stereocenters. The van der Waals surface area contributed by atoms with Crippen LogP contribution < -0.4 is 45.4 Å². The van der Waals surface area contributed by atoms with Crippen molar-refractivity contribution >= 4 is 90.3 Å².